The summed E-state index contributed by atoms with van der Waals surface area (Å²) in [5.41, 5.74) is 1.38. The minimum absolute atomic E-state index is 0.151. The van der Waals surface area contributed by atoms with Crippen molar-refractivity contribution in [1.82, 2.24) is 4.98 Å². The van der Waals surface area contributed by atoms with E-state index in [9.17, 15) is 19.2 Å². The molecule has 18 nitrogen and oxygen atoms in total. The maximum Gasteiger partial charge on any atom is 0.330 e. The molecule has 84 heavy (non-hydrogen) atoms. The fourth-order valence-corrected chi connectivity index (χ4v) is 10.5. The Balaban J connectivity index is 0.862. The van der Waals surface area contributed by atoms with Gasteiger partial charge in [-0.15, -0.1) is 0 Å². The van der Waals surface area contributed by atoms with E-state index in [1.807, 2.05) is 41.4 Å². The van der Waals surface area contributed by atoms with Crippen LogP contribution in [0.3, 0.4) is 0 Å². The number of fused-ring (bicyclic) bond motifs is 1. The molecule has 0 aliphatic heterocycles. The molecule has 2 aliphatic carbocycles. The largest absolute Gasteiger partial charge is 0.494 e. The van der Waals surface area contributed by atoms with Crippen LogP contribution in [0.5, 0.6) is 34.5 Å². The number of nitrogens with zero attached hydrogens (tertiary/aromatic N) is 4. The molecule has 0 N–H and O–H groups in total. The highest BCUT2D eigenvalue weighted by Crippen LogP contribution is 2.35. The summed E-state index contributed by atoms with van der Waals surface area (Å²) < 4.78 is 34.5. The van der Waals surface area contributed by atoms with Gasteiger partial charge < -0.3 is 43.0 Å². The van der Waals surface area contributed by atoms with Gasteiger partial charge in [0.15, 0.2) is 11.5 Å². The lowest BCUT2D eigenvalue weighted by atomic mass is 9.82. The lowest BCUT2D eigenvalue weighted by Crippen LogP contribution is -2.27. The van der Waals surface area contributed by atoms with Crippen LogP contribution in [-0.2, 0) is 38.4 Å². The quantitative estimate of drug-likeness (QED) is 0.00532. The predicted molar refractivity (Wildman–Crippen MR) is 320 cm³/mol. The standard InChI is InChI=1S/C65H78N4O14S/c1-4-61(70)76-42-16-8-6-14-40-74-53-28-32-55(33-29-53)80-63(72)50-24-22-49(23-25-50)47-79-83-59-37-36-57(44-52(59)45-67-69(39-13-12-38-66-3)65-68-58-18-10-11-19-60(58)84-65)81-64(73)51-26-20-48(21-27-51)46-78-82-56-34-30-54(31-35-56)75-41-15-7-9-17-43-77-62(71)5-2/h4-5,10-11,18-19,28-37,44-45,48-51H,1-2,6-9,12-17,20-27,38-43,46-47H2/b67-45+. The van der Waals surface area contributed by atoms with Crippen molar-refractivity contribution in [3.8, 4) is 34.5 Å². The Kier molecular flexibility index (Phi) is 27.4. The van der Waals surface area contributed by atoms with Gasteiger partial charge in [0.2, 0.25) is 11.7 Å². The van der Waals surface area contributed by atoms with Crippen LogP contribution in [0.25, 0.3) is 15.1 Å². The molecular weight excluding hydrogens is 1090 g/mol. The highest BCUT2D eigenvalue weighted by Gasteiger charge is 2.30. The van der Waals surface area contributed by atoms with Crippen LogP contribution in [0.1, 0.15) is 121 Å². The van der Waals surface area contributed by atoms with Crippen molar-refractivity contribution in [2.45, 2.75) is 116 Å². The zero-order valence-electron chi connectivity index (χ0n) is 47.9. The van der Waals surface area contributed by atoms with Crippen LogP contribution in [0.2, 0.25) is 0 Å². The number of carbonyl (C=O) groups excluding carboxylic acids is 4. The molecular formula is C65H78N4O14S. The zero-order valence-corrected chi connectivity index (χ0v) is 48.7. The first kappa shape index (κ1) is 63.8. The summed E-state index contributed by atoms with van der Waals surface area (Å²) >= 11 is 1.53. The molecule has 0 radical (unpaired) electrons. The van der Waals surface area contributed by atoms with Gasteiger partial charge in [-0.25, -0.2) is 26.2 Å². The number of hydrogen-bond donors (Lipinski definition) is 0. The Hall–Kier alpha value is -7.79. The number of ether oxygens (including phenoxy) is 6. The number of carbonyl (C=O) groups is 4. The lowest BCUT2D eigenvalue weighted by molar-refractivity contribution is -0.218. The van der Waals surface area contributed by atoms with Crippen molar-refractivity contribution in [3.63, 3.8) is 0 Å². The number of aromatic nitrogens is 1. The summed E-state index contributed by atoms with van der Waals surface area (Å²) in [6, 6.07) is 27.4. The Morgan fingerprint density at radius 3 is 1.67 bits per heavy atom. The maximum atomic E-state index is 13.7. The molecule has 1 aromatic heterocycles. The average Bonchev–Trinajstić information content (AvgIpc) is 4.18. The molecule has 2 aliphatic rings. The zero-order chi connectivity index (χ0) is 59.0. The number of anilines is 1. The van der Waals surface area contributed by atoms with E-state index in [1.165, 1.54) is 17.4 Å². The second kappa shape index (κ2) is 36.0. The molecule has 19 heteroatoms. The molecule has 1 heterocycles. The number of unbranched alkanes of at least 4 members (excludes halogenated alkanes) is 7. The Morgan fingerprint density at radius 2 is 1.11 bits per heavy atom. The van der Waals surface area contributed by atoms with Crippen molar-refractivity contribution >= 4 is 56.8 Å². The third-order valence-corrected chi connectivity index (χ3v) is 15.6. The number of thiazole rings is 1. The summed E-state index contributed by atoms with van der Waals surface area (Å²) in [6.45, 7) is 17.6. The van der Waals surface area contributed by atoms with Crippen LogP contribution in [0.4, 0.5) is 5.13 Å². The second-order valence-corrected chi connectivity index (χ2v) is 21.9. The molecule has 0 amide bonds. The minimum atomic E-state index is -0.403. The van der Waals surface area contributed by atoms with Gasteiger partial charge in [0.1, 0.15) is 23.0 Å². The van der Waals surface area contributed by atoms with Crippen LogP contribution < -0.4 is 33.7 Å². The molecule has 2 saturated carbocycles. The smallest absolute Gasteiger partial charge is 0.330 e. The molecule has 0 spiro atoms. The molecule has 2 fully saturated rings. The normalized spacial score (nSPS) is 16.7. The Morgan fingerprint density at radius 1 is 0.595 bits per heavy atom. The molecule has 0 bridgehead atoms. The van der Waals surface area contributed by atoms with Crippen molar-refractivity contribution in [2.75, 3.05) is 57.7 Å². The van der Waals surface area contributed by atoms with Crippen LogP contribution in [-0.4, -0.2) is 87.8 Å². The van der Waals surface area contributed by atoms with Gasteiger partial charge in [-0.3, -0.25) is 9.59 Å². The van der Waals surface area contributed by atoms with E-state index in [0.29, 0.717) is 124 Å². The molecule has 5 aromatic rings. The Bertz CT molecular complexity index is 2880. The molecule has 4 aromatic carbocycles. The summed E-state index contributed by atoms with van der Waals surface area (Å²) in [5.74, 6) is 1.66. The number of hydrogen-bond acceptors (Lipinski definition) is 18. The molecule has 0 saturated heterocycles. The predicted octanol–water partition coefficient (Wildman–Crippen LogP) is 13.6. The van der Waals surface area contributed by atoms with E-state index >= 15 is 0 Å². The average molecular weight is 1170 g/mol. The van der Waals surface area contributed by atoms with Crippen LogP contribution in [0, 0.1) is 30.2 Å². The van der Waals surface area contributed by atoms with Gasteiger partial charge in [0.05, 0.1) is 67.9 Å². The third-order valence-electron chi connectivity index (χ3n) is 14.5. The van der Waals surface area contributed by atoms with Gasteiger partial charge in [0, 0.05) is 30.7 Å². The van der Waals surface area contributed by atoms with Crippen LogP contribution in [0.15, 0.2) is 121 Å². The van der Waals surface area contributed by atoms with Gasteiger partial charge in [0.25, 0.3) is 0 Å². The molecule has 0 unspecified atom stereocenters. The van der Waals surface area contributed by atoms with Gasteiger partial charge >= 0.3 is 23.9 Å². The lowest BCUT2D eigenvalue weighted by Gasteiger charge is -2.27. The fourth-order valence-electron chi connectivity index (χ4n) is 9.60. The molecule has 448 valence electrons. The monoisotopic (exact) mass is 1170 g/mol. The third kappa shape index (κ3) is 22.4. The summed E-state index contributed by atoms with van der Waals surface area (Å²) in [7, 11) is 0. The van der Waals surface area contributed by atoms with Crippen molar-refractivity contribution in [1.29, 1.82) is 0 Å². The highest BCUT2D eigenvalue weighted by molar-refractivity contribution is 7.22. The second-order valence-electron chi connectivity index (χ2n) is 20.8. The van der Waals surface area contributed by atoms with E-state index in [-0.39, 0.29) is 35.6 Å². The summed E-state index contributed by atoms with van der Waals surface area (Å²) in [4.78, 5) is 80.7. The number of benzene rings is 4. The number of hydrazone groups is 1. The van der Waals surface area contributed by atoms with Gasteiger partial charge in [-0.2, -0.15) is 14.9 Å². The highest BCUT2D eigenvalue weighted by atomic mass is 32.1. The number of para-hydroxylation sites is 1. The van der Waals surface area contributed by atoms with E-state index in [1.54, 1.807) is 60.8 Å². The Labute approximate surface area is 496 Å². The SMILES string of the molecule is [C-]#[N+]CCCCN(/N=C/c1cc(OC(=O)C2CCC(COOc3ccc(OCCCCCCOC(=O)C=C)cc3)CC2)ccc1OOCC1CCC(C(=O)Oc2ccc(OCCCCCCOC(=O)C=C)cc2)CC1)c1nc2ccccc2s1. The van der Waals surface area contributed by atoms with E-state index in [0.717, 1.165) is 106 Å². The first-order chi connectivity index (χ1) is 41.2. The van der Waals surface area contributed by atoms with Gasteiger partial charge in [-0.1, -0.05) is 36.6 Å². The van der Waals surface area contributed by atoms with E-state index < -0.39 is 11.9 Å². The number of rotatable bonds is 37. The molecule has 7 rings (SSSR count). The minimum Gasteiger partial charge on any atom is -0.494 e. The van der Waals surface area contributed by atoms with Crippen molar-refractivity contribution < 1.29 is 67.1 Å². The van der Waals surface area contributed by atoms with Crippen molar-refractivity contribution in [3.05, 3.63) is 133 Å². The maximum absolute atomic E-state index is 13.7. The summed E-state index contributed by atoms with van der Waals surface area (Å²) in [6.07, 6.45) is 18.2. The topological polar surface area (TPSA) is 193 Å². The van der Waals surface area contributed by atoms with E-state index in [4.69, 9.17) is 64.6 Å². The summed E-state index contributed by atoms with van der Waals surface area (Å²) in [5, 5.41) is 7.43. The number of esters is 4. The van der Waals surface area contributed by atoms with Crippen molar-refractivity contribution in [2.24, 2.45) is 28.8 Å². The van der Waals surface area contributed by atoms with Crippen LogP contribution >= 0.6 is 11.3 Å². The van der Waals surface area contributed by atoms with E-state index in [2.05, 4.69) is 18.0 Å². The molecule has 0 atom stereocenters. The van der Waals surface area contributed by atoms with Gasteiger partial charge in [-0.05, 0) is 200 Å². The first-order valence-electron chi connectivity index (χ1n) is 29.4. The fraction of sp³-hybridized carbons (Fsp3) is 0.462. The first-order valence-corrected chi connectivity index (χ1v) is 30.2.